The van der Waals surface area contributed by atoms with Crippen molar-refractivity contribution in [3.05, 3.63) is 70.5 Å². The van der Waals surface area contributed by atoms with Crippen LogP contribution in [-0.2, 0) is 11.3 Å². The van der Waals surface area contributed by atoms with Crippen LogP contribution in [0.25, 0.3) is 22.5 Å². The molecule has 0 N–H and O–H groups in total. The summed E-state index contributed by atoms with van der Waals surface area (Å²) >= 11 is 0. The summed E-state index contributed by atoms with van der Waals surface area (Å²) in [5.41, 5.74) is 3.21. The van der Waals surface area contributed by atoms with Gasteiger partial charge in [0.1, 0.15) is 6.54 Å². The maximum Gasteiger partial charge on any atom is 0.420 e. The summed E-state index contributed by atoms with van der Waals surface area (Å²) in [6.45, 7) is 6.51. The highest BCUT2D eigenvalue weighted by atomic mass is 16.5. The predicted molar refractivity (Wildman–Crippen MR) is 122 cm³/mol. The SMILES string of the molecule is Cc1ccc(-c2noc(C(C)N3CCN(C(=O)Cn4c(=O)oc5ccccc54)CC3)n2)cc1. The molecule has 0 radical (unpaired) electrons. The van der Waals surface area contributed by atoms with Crippen molar-refractivity contribution in [1.29, 1.82) is 0 Å². The van der Waals surface area contributed by atoms with Gasteiger partial charge in [0, 0.05) is 31.7 Å². The third-order valence-corrected chi connectivity index (χ3v) is 6.19. The largest absolute Gasteiger partial charge is 0.420 e. The maximum atomic E-state index is 12.9. The molecule has 0 bridgehead atoms. The first-order valence-corrected chi connectivity index (χ1v) is 11.0. The van der Waals surface area contributed by atoms with Crippen LogP contribution in [0.15, 0.2) is 62.3 Å². The van der Waals surface area contributed by atoms with E-state index in [1.807, 2.05) is 44.2 Å². The molecule has 3 heterocycles. The second-order valence-corrected chi connectivity index (χ2v) is 8.34. The van der Waals surface area contributed by atoms with Gasteiger partial charge in [0.05, 0.1) is 11.6 Å². The van der Waals surface area contributed by atoms with Crippen molar-refractivity contribution in [2.75, 3.05) is 26.2 Å². The second-order valence-electron chi connectivity index (χ2n) is 8.34. The Labute approximate surface area is 190 Å². The van der Waals surface area contributed by atoms with Gasteiger partial charge in [-0.1, -0.05) is 47.1 Å². The van der Waals surface area contributed by atoms with Crippen LogP contribution in [0.2, 0.25) is 0 Å². The molecule has 9 heteroatoms. The molecular formula is C24H25N5O4. The molecule has 9 nitrogen and oxygen atoms in total. The monoisotopic (exact) mass is 447 g/mol. The van der Waals surface area contributed by atoms with Gasteiger partial charge in [0.2, 0.25) is 17.6 Å². The summed E-state index contributed by atoms with van der Waals surface area (Å²) in [5.74, 6) is 0.512. The fourth-order valence-electron chi connectivity index (χ4n) is 4.14. The molecule has 5 rings (SSSR count). The van der Waals surface area contributed by atoms with Crippen molar-refractivity contribution in [2.24, 2.45) is 0 Å². The molecule has 0 saturated carbocycles. The molecule has 0 aliphatic carbocycles. The molecule has 2 aromatic heterocycles. The molecule has 1 aliphatic rings. The van der Waals surface area contributed by atoms with E-state index < -0.39 is 5.76 Å². The van der Waals surface area contributed by atoms with E-state index in [1.165, 1.54) is 10.1 Å². The van der Waals surface area contributed by atoms with E-state index in [-0.39, 0.29) is 18.5 Å². The van der Waals surface area contributed by atoms with Crippen LogP contribution in [0.3, 0.4) is 0 Å². The second kappa shape index (κ2) is 8.67. The van der Waals surface area contributed by atoms with E-state index >= 15 is 0 Å². The Bertz CT molecular complexity index is 1330. The maximum absolute atomic E-state index is 12.9. The van der Waals surface area contributed by atoms with E-state index in [0.29, 0.717) is 49.0 Å². The molecule has 0 spiro atoms. The number of oxazole rings is 1. The van der Waals surface area contributed by atoms with E-state index in [2.05, 4.69) is 15.0 Å². The zero-order valence-corrected chi connectivity index (χ0v) is 18.6. The number of benzene rings is 2. The number of hydrogen-bond donors (Lipinski definition) is 0. The van der Waals surface area contributed by atoms with Gasteiger partial charge in [0.25, 0.3) is 0 Å². The van der Waals surface area contributed by atoms with E-state index in [9.17, 15) is 9.59 Å². The molecule has 1 unspecified atom stereocenters. The normalized spacial score (nSPS) is 15.8. The van der Waals surface area contributed by atoms with Crippen LogP contribution < -0.4 is 5.76 Å². The number of carbonyl (C=O) groups is 1. The predicted octanol–water partition coefficient (Wildman–Crippen LogP) is 2.86. The third-order valence-electron chi connectivity index (χ3n) is 6.19. The average molecular weight is 447 g/mol. The summed E-state index contributed by atoms with van der Waals surface area (Å²) in [5, 5.41) is 4.13. The lowest BCUT2D eigenvalue weighted by Gasteiger charge is -2.36. The van der Waals surface area contributed by atoms with Crippen LogP contribution in [0.1, 0.15) is 24.4 Å². The number of piperazine rings is 1. The Morgan fingerprint density at radius 3 is 2.55 bits per heavy atom. The minimum absolute atomic E-state index is 0.0328. The van der Waals surface area contributed by atoms with Gasteiger partial charge < -0.3 is 13.8 Å². The number of amides is 1. The van der Waals surface area contributed by atoms with Crippen molar-refractivity contribution < 1.29 is 13.7 Å². The minimum Gasteiger partial charge on any atom is -0.408 e. The van der Waals surface area contributed by atoms with Gasteiger partial charge >= 0.3 is 5.76 Å². The van der Waals surface area contributed by atoms with Gasteiger partial charge in [-0.05, 0) is 26.0 Å². The Hall–Kier alpha value is -3.72. The van der Waals surface area contributed by atoms with Gasteiger partial charge in [-0.3, -0.25) is 14.3 Å². The molecule has 2 aromatic carbocycles. The third kappa shape index (κ3) is 4.19. The average Bonchev–Trinajstić information content (AvgIpc) is 3.44. The van der Waals surface area contributed by atoms with Crippen molar-refractivity contribution in [2.45, 2.75) is 26.4 Å². The summed E-state index contributed by atoms with van der Waals surface area (Å²) in [7, 11) is 0. The smallest absolute Gasteiger partial charge is 0.408 e. The number of hydrogen-bond acceptors (Lipinski definition) is 7. The lowest BCUT2D eigenvalue weighted by molar-refractivity contribution is -0.134. The number of rotatable bonds is 5. The summed E-state index contributed by atoms with van der Waals surface area (Å²) in [6, 6.07) is 15.1. The van der Waals surface area contributed by atoms with Crippen molar-refractivity contribution in [1.82, 2.24) is 24.5 Å². The Balaban J connectivity index is 1.21. The fourth-order valence-corrected chi connectivity index (χ4v) is 4.14. The molecule has 1 saturated heterocycles. The number of nitrogens with zero attached hydrogens (tertiary/aromatic N) is 5. The standard InChI is InChI=1S/C24H25N5O4/c1-16-7-9-18(10-8-16)22-25-23(33-26-22)17(2)27-11-13-28(14-12-27)21(30)15-29-19-5-3-4-6-20(19)32-24(29)31/h3-10,17H,11-15H2,1-2H3. The molecular weight excluding hydrogens is 422 g/mol. The van der Waals surface area contributed by atoms with E-state index in [4.69, 9.17) is 8.94 Å². The summed E-state index contributed by atoms with van der Waals surface area (Å²) < 4.78 is 12.1. The zero-order valence-electron chi connectivity index (χ0n) is 18.6. The Morgan fingerprint density at radius 2 is 1.79 bits per heavy atom. The molecule has 33 heavy (non-hydrogen) atoms. The highest BCUT2D eigenvalue weighted by molar-refractivity contribution is 5.79. The lowest BCUT2D eigenvalue weighted by atomic mass is 10.1. The topological polar surface area (TPSA) is 97.6 Å². The quantitative estimate of drug-likeness (QED) is 0.464. The van der Waals surface area contributed by atoms with Crippen molar-refractivity contribution in [3.63, 3.8) is 0 Å². The minimum atomic E-state index is -0.516. The zero-order chi connectivity index (χ0) is 22.9. The molecule has 170 valence electrons. The first kappa shape index (κ1) is 21.1. The van der Waals surface area contributed by atoms with Crippen LogP contribution in [0.5, 0.6) is 0 Å². The highest BCUT2D eigenvalue weighted by Gasteiger charge is 2.28. The summed E-state index contributed by atoms with van der Waals surface area (Å²) in [4.78, 5) is 33.6. The van der Waals surface area contributed by atoms with Gasteiger partial charge in [-0.25, -0.2) is 4.79 Å². The molecule has 1 fully saturated rings. The van der Waals surface area contributed by atoms with Crippen molar-refractivity contribution in [3.8, 4) is 11.4 Å². The van der Waals surface area contributed by atoms with Crippen LogP contribution >= 0.6 is 0 Å². The molecule has 1 amide bonds. The van der Waals surface area contributed by atoms with Gasteiger partial charge in [0.15, 0.2) is 5.58 Å². The van der Waals surface area contributed by atoms with Crippen LogP contribution in [0, 0.1) is 6.92 Å². The number of para-hydroxylation sites is 2. The highest BCUT2D eigenvalue weighted by Crippen LogP contribution is 2.24. The molecule has 1 atom stereocenters. The Kier molecular flexibility index (Phi) is 5.55. The van der Waals surface area contributed by atoms with Crippen LogP contribution in [-0.4, -0.2) is 56.6 Å². The lowest BCUT2D eigenvalue weighted by Crippen LogP contribution is -2.50. The molecule has 4 aromatic rings. The fraction of sp³-hybridized carbons (Fsp3) is 0.333. The van der Waals surface area contributed by atoms with Crippen LogP contribution in [0.4, 0.5) is 0 Å². The van der Waals surface area contributed by atoms with E-state index in [1.54, 1.807) is 23.1 Å². The number of carbonyl (C=O) groups excluding carboxylic acids is 1. The Morgan fingerprint density at radius 1 is 1.06 bits per heavy atom. The first-order valence-electron chi connectivity index (χ1n) is 11.0. The van der Waals surface area contributed by atoms with Crippen molar-refractivity contribution >= 4 is 17.0 Å². The summed E-state index contributed by atoms with van der Waals surface area (Å²) in [6.07, 6.45) is 0. The van der Waals surface area contributed by atoms with Gasteiger partial charge in [-0.2, -0.15) is 4.98 Å². The first-order chi connectivity index (χ1) is 16.0. The number of fused-ring (bicyclic) bond motifs is 1. The number of aryl methyl sites for hydroxylation is 1. The van der Waals surface area contributed by atoms with E-state index in [0.717, 1.165) is 5.56 Å². The number of aromatic nitrogens is 3. The van der Waals surface area contributed by atoms with Gasteiger partial charge in [-0.15, -0.1) is 0 Å². The molecule has 1 aliphatic heterocycles.